The molecule has 2 aromatic heterocycles. The number of benzene rings is 1. The SMILES string of the molecule is COc1ccc(-c2ncc3c(n2)/C=C\c2ccc(Cl)cc2N(C(C)=O)C3)cn1. The molecule has 28 heavy (non-hydrogen) atoms. The molecule has 3 aromatic rings. The van der Waals surface area contributed by atoms with Gasteiger partial charge in [0.05, 0.1) is 25.0 Å². The van der Waals surface area contributed by atoms with Gasteiger partial charge in [0.2, 0.25) is 11.8 Å². The van der Waals surface area contributed by atoms with E-state index in [1.807, 2.05) is 24.3 Å². The van der Waals surface area contributed by atoms with Crippen molar-refractivity contribution in [2.45, 2.75) is 13.5 Å². The van der Waals surface area contributed by atoms with Crippen molar-refractivity contribution in [3.8, 4) is 17.3 Å². The maximum absolute atomic E-state index is 12.3. The Labute approximate surface area is 167 Å². The maximum Gasteiger partial charge on any atom is 0.224 e. The lowest BCUT2D eigenvalue weighted by molar-refractivity contribution is -0.116. The van der Waals surface area contributed by atoms with Crippen LogP contribution in [-0.2, 0) is 11.3 Å². The van der Waals surface area contributed by atoms with Crippen LogP contribution >= 0.6 is 11.6 Å². The van der Waals surface area contributed by atoms with Gasteiger partial charge in [-0.1, -0.05) is 23.7 Å². The Morgan fingerprint density at radius 2 is 2.00 bits per heavy atom. The van der Waals surface area contributed by atoms with E-state index in [1.165, 1.54) is 6.92 Å². The molecule has 0 atom stereocenters. The van der Waals surface area contributed by atoms with Crippen molar-refractivity contribution < 1.29 is 9.53 Å². The second-order valence-electron chi connectivity index (χ2n) is 6.33. The van der Waals surface area contributed by atoms with E-state index < -0.39 is 0 Å². The van der Waals surface area contributed by atoms with Crippen LogP contribution in [0.4, 0.5) is 5.69 Å². The lowest BCUT2D eigenvalue weighted by Gasteiger charge is -2.25. The highest BCUT2D eigenvalue weighted by Crippen LogP contribution is 2.31. The summed E-state index contributed by atoms with van der Waals surface area (Å²) in [5, 5.41) is 0.581. The molecule has 0 saturated carbocycles. The van der Waals surface area contributed by atoms with E-state index in [4.69, 9.17) is 16.3 Å². The number of carbonyl (C=O) groups is 1. The fourth-order valence-electron chi connectivity index (χ4n) is 3.06. The molecule has 1 aliphatic heterocycles. The van der Waals surface area contributed by atoms with E-state index in [1.54, 1.807) is 42.6 Å². The summed E-state index contributed by atoms with van der Waals surface area (Å²) < 4.78 is 5.09. The normalized spacial score (nSPS) is 13.8. The molecule has 1 aromatic carbocycles. The fraction of sp³-hybridized carbons (Fsp3) is 0.143. The molecule has 4 rings (SSSR count). The summed E-state index contributed by atoms with van der Waals surface area (Å²) in [6, 6.07) is 9.12. The van der Waals surface area contributed by atoms with E-state index in [9.17, 15) is 4.79 Å². The third kappa shape index (κ3) is 3.46. The van der Waals surface area contributed by atoms with Gasteiger partial charge in [-0.15, -0.1) is 0 Å². The van der Waals surface area contributed by atoms with Crippen molar-refractivity contribution in [2.75, 3.05) is 12.0 Å². The number of halogens is 1. The van der Waals surface area contributed by atoms with Gasteiger partial charge in [-0.2, -0.15) is 0 Å². The Bertz CT molecular complexity index is 1080. The largest absolute Gasteiger partial charge is 0.481 e. The van der Waals surface area contributed by atoms with Crippen LogP contribution in [0.25, 0.3) is 23.5 Å². The number of amides is 1. The number of rotatable bonds is 2. The van der Waals surface area contributed by atoms with E-state index >= 15 is 0 Å². The second kappa shape index (κ2) is 7.40. The number of hydrogen-bond acceptors (Lipinski definition) is 5. The van der Waals surface area contributed by atoms with Gasteiger partial charge in [0, 0.05) is 41.5 Å². The summed E-state index contributed by atoms with van der Waals surface area (Å²) in [7, 11) is 1.57. The molecule has 0 radical (unpaired) electrons. The zero-order valence-corrected chi connectivity index (χ0v) is 16.1. The average molecular weight is 393 g/mol. The first-order valence-corrected chi connectivity index (χ1v) is 9.05. The standard InChI is InChI=1S/C21H17ClN4O2/c1-13(27)26-12-16-11-24-21(15-5-8-20(28-2)23-10-15)25-18(16)7-4-14-3-6-17(22)9-19(14)26/h3-11H,12H2,1-2H3/b7-4-. The average Bonchev–Trinajstić information content (AvgIpc) is 2.70. The van der Waals surface area contributed by atoms with E-state index in [-0.39, 0.29) is 5.91 Å². The Balaban J connectivity index is 1.79. The molecule has 1 amide bonds. The summed E-state index contributed by atoms with van der Waals surface area (Å²) in [4.78, 5) is 27.3. The fourth-order valence-corrected chi connectivity index (χ4v) is 3.22. The Morgan fingerprint density at radius 3 is 2.71 bits per heavy atom. The van der Waals surface area contributed by atoms with Crippen molar-refractivity contribution in [1.29, 1.82) is 0 Å². The number of methoxy groups -OCH3 is 1. The second-order valence-corrected chi connectivity index (χ2v) is 6.77. The number of pyridine rings is 1. The molecule has 6 nitrogen and oxygen atoms in total. The van der Waals surface area contributed by atoms with Gasteiger partial charge in [0.25, 0.3) is 0 Å². The zero-order valence-electron chi connectivity index (χ0n) is 15.4. The summed E-state index contributed by atoms with van der Waals surface area (Å²) >= 11 is 6.15. The van der Waals surface area contributed by atoms with Crippen LogP contribution < -0.4 is 9.64 Å². The smallest absolute Gasteiger partial charge is 0.224 e. The first-order valence-electron chi connectivity index (χ1n) is 8.67. The van der Waals surface area contributed by atoms with Crippen LogP contribution in [0.5, 0.6) is 5.88 Å². The molecule has 0 bridgehead atoms. The highest BCUT2D eigenvalue weighted by Gasteiger charge is 2.20. The number of fused-ring (bicyclic) bond motifs is 2. The third-order valence-electron chi connectivity index (χ3n) is 4.51. The number of anilines is 1. The predicted octanol–water partition coefficient (Wildman–Crippen LogP) is 4.24. The van der Waals surface area contributed by atoms with Crippen molar-refractivity contribution in [2.24, 2.45) is 0 Å². The van der Waals surface area contributed by atoms with Crippen molar-refractivity contribution in [3.05, 3.63) is 64.6 Å². The van der Waals surface area contributed by atoms with Gasteiger partial charge >= 0.3 is 0 Å². The number of ether oxygens (including phenoxy) is 1. The number of nitrogens with zero attached hydrogens (tertiary/aromatic N) is 4. The van der Waals surface area contributed by atoms with Crippen LogP contribution in [-0.4, -0.2) is 28.0 Å². The molecule has 0 fully saturated rings. The number of hydrogen-bond donors (Lipinski definition) is 0. The Kier molecular flexibility index (Phi) is 4.79. The maximum atomic E-state index is 12.3. The van der Waals surface area contributed by atoms with Gasteiger partial charge in [0.1, 0.15) is 0 Å². The lowest BCUT2D eigenvalue weighted by Crippen LogP contribution is -2.29. The molecule has 0 saturated heterocycles. The summed E-state index contributed by atoms with van der Waals surface area (Å²) in [6.07, 6.45) is 7.29. The minimum absolute atomic E-state index is 0.0757. The molecule has 0 spiro atoms. The topological polar surface area (TPSA) is 68.2 Å². The van der Waals surface area contributed by atoms with Crippen molar-refractivity contribution in [1.82, 2.24) is 15.0 Å². The lowest BCUT2D eigenvalue weighted by atomic mass is 10.1. The van der Waals surface area contributed by atoms with Gasteiger partial charge in [-0.05, 0) is 29.8 Å². The number of aromatic nitrogens is 3. The van der Waals surface area contributed by atoms with Gasteiger partial charge in [0.15, 0.2) is 5.82 Å². The monoisotopic (exact) mass is 392 g/mol. The minimum Gasteiger partial charge on any atom is -0.481 e. The first-order chi connectivity index (χ1) is 13.5. The highest BCUT2D eigenvalue weighted by molar-refractivity contribution is 6.31. The highest BCUT2D eigenvalue weighted by atomic mass is 35.5. The van der Waals surface area contributed by atoms with E-state index in [0.29, 0.717) is 23.3 Å². The Hall–Kier alpha value is -3.25. The predicted molar refractivity (Wildman–Crippen MR) is 109 cm³/mol. The van der Waals surface area contributed by atoms with Crippen LogP contribution in [0.2, 0.25) is 5.02 Å². The molecule has 140 valence electrons. The molecular formula is C21H17ClN4O2. The first kappa shape index (κ1) is 18.1. The van der Waals surface area contributed by atoms with Crippen LogP contribution in [0.3, 0.4) is 0 Å². The summed E-state index contributed by atoms with van der Waals surface area (Å²) in [5.74, 6) is 1.01. The number of carbonyl (C=O) groups excluding carboxylic acids is 1. The van der Waals surface area contributed by atoms with Crippen molar-refractivity contribution >= 4 is 35.3 Å². The molecule has 7 heteroatoms. The van der Waals surface area contributed by atoms with Crippen molar-refractivity contribution in [3.63, 3.8) is 0 Å². The van der Waals surface area contributed by atoms with Gasteiger partial charge < -0.3 is 9.64 Å². The van der Waals surface area contributed by atoms with E-state index in [2.05, 4.69) is 15.0 Å². The van der Waals surface area contributed by atoms with Gasteiger partial charge in [-0.25, -0.2) is 15.0 Å². The zero-order chi connectivity index (χ0) is 19.7. The third-order valence-corrected chi connectivity index (χ3v) is 4.75. The molecule has 0 aliphatic carbocycles. The molecular weight excluding hydrogens is 376 g/mol. The molecule has 3 heterocycles. The van der Waals surface area contributed by atoms with Gasteiger partial charge in [-0.3, -0.25) is 4.79 Å². The minimum atomic E-state index is -0.0757. The van der Waals surface area contributed by atoms with Crippen LogP contribution in [0.15, 0.2) is 42.7 Å². The quantitative estimate of drug-likeness (QED) is 0.652. The Morgan fingerprint density at radius 1 is 1.14 bits per heavy atom. The molecule has 0 N–H and O–H groups in total. The summed E-state index contributed by atoms with van der Waals surface area (Å²) in [5.41, 5.74) is 4.06. The molecule has 0 unspecified atom stereocenters. The molecule has 1 aliphatic rings. The van der Waals surface area contributed by atoms with Crippen LogP contribution in [0.1, 0.15) is 23.7 Å². The van der Waals surface area contributed by atoms with E-state index in [0.717, 1.165) is 28.1 Å². The van der Waals surface area contributed by atoms with Crippen LogP contribution in [0, 0.1) is 0 Å². The summed E-state index contributed by atoms with van der Waals surface area (Å²) in [6.45, 7) is 1.90.